The number of nitrogens with zero attached hydrogens (tertiary/aromatic N) is 5. The van der Waals surface area contributed by atoms with Crippen molar-refractivity contribution in [3.63, 3.8) is 0 Å². The molecule has 3 N–H and O–H groups in total. The van der Waals surface area contributed by atoms with Gasteiger partial charge in [-0.15, -0.1) is 18.3 Å². The van der Waals surface area contributed by atoms with E-state index in [2.05, 4.69) is 30.3 Å². The topological polar surface area (TPSA) is 121 Å². The Hall–Kier alpha value is -3.70. The number of nitrogens with two attached hydrogens (primary N) is 1. The van der Waals surface area contributed by atoms with Gasteiger partial charge in [0.05, 0.1) is 23.1 Å². The first kappa shape index (κ1) is 18.1. The molecule has 0 aliphatic heterocycles. The summed E-state index contributed by atoms with van der Waals surface area (Å²) in [5, 5.41) is 13.8. The summed E-state index contributed by atoms with van der Waals surface area (Å²) >= 11 is 0. The fourth-order valence-electron chi connectivity index (χ4n) is 2.26. The lowest BCUT2D eigenvalue weighted by atomic mass is 10.1. The highest BCUT2D eigenvalue weighted by molar-refractivity contribution is 5.97. The second-order valence-corrected chi connectivity index (χ2v) is 5.25. The molecule has 0 spiro atoms. The minimum atomic E-state index is -4.97. The van der Waals surface area contributed by atoms with E-state index < -0.39 is 18.0 Å². The number of hydrogen-bond acceptors (Lipinski definition) is 7. The fraction of sp³-hybridized carbons (Fsp3) is 0.133. The maximum atomic E-state index is 13.0. The highest BCUT2D eigenvalue weighted by atomic mass is 19.4. The normalized spacial score (nSPS) is 11.3. The van der Waals surface area contributed by atoms with Crippen LogP contribution in [0.1, 0.15) is 10.5 Å². The van der Waals surface area contributed by atoms with E-state index in [1.807, 2.05) is 0 Å². The van der Waals surface area contributed by atoms with Gasteiger partial charge in [0.2, 0.25) is 0 Å². The SMILES string of the molecule is Cn1cnc(-c2cccc(Nc3ccnnc3C(N)=O)c2OC(F)(F)F)n1. The molecule has 2 aromatic heterocycles. The van der Waals surface area contributed by atoms with Gasteiger partial charge in [0, 0.05) is 7.05 Å². The summed E-state index contributed by atoms with van der Waals surface area (Å²) in [4.78, 5) is 15.4. The summed E-state index contributed by atoms with van der Waals surface area (Å²) in [6, 6.07) is 5.53. The molecule has 0 radical (unpaired) electrons. The average Bonchev–Trinajstić information content (AvgIpc) is 3.01. The maximum Gasteiger partial charge on any atom is 0.573 e. The summed E-state index contributed by atoms with van der Waals surface area (Å²) in [6.45, 7) is 0. The van der Waals surface area contributed by atoms with Crippen molar-refractivity contribution in [3.05, 3.63) is 42.5 Å². The van der Waals surface area contributed by atoms with Crippen molar-refractivity contribution in [1.82, 2.24) is 25.0 Å². The van der Waals surface area contributed by atoms with E-state index in [0.29, 0.717) is 0 Å². The van der Waals surface area contributed by atoms with Gasteiger partial charge in [-0.1, -0.05) is 6.07 Å². The first-order valence-corrected chi connectivity index (χ1v) is 7.38. The number of primary amides is 1. The summed E-state index contributed by atoms with van der Waals surface area (Å²) in [7, 11) is 1.57. The summed E-state index contributed by atoms with van der Waals surface area (Å²) in [5.41, 5.74) is 4.95. The van der Waals surface area contributed by atoms with E-state index in [1.165, 1.54) is 41.5 Å². The largest absolute Gasteiger partial charge is 0.573 e. The molecule has 0 unspecified atom stereocenters. The number of nitrogens with one attached hydrogen (secondary N) is 1. The van der Waals surface area contributed by atoms with Crippen molar-refractivity contribution >= 4 is 17.3 Å². The van der Waals surface area contributed by atoms with Gasteiger partial charge in [0.25, 0.3) is 5.91 Å². The number of halogens is 3. The number of rotatable bonds is 5. The van der Waals surface area contributed by atoms with E-state index in [0.717, 1.165) is 0 Å². The molecule has 2 heterocycles. The molecule has 1 aromatic carbocycles. The third-order valence-corrected chi connectivity index (χ3v) is 3.30. The van der Waals surface area contributed by atoms with E-state index in [9.17, 15) is 18.0 Å². The molecule has 0 aliphatic carbocycles. The standard InChI is InChI=1S/C15H12F3N7O2/c1-25-7-20-14(24-25)8-3-2-4-10(12(8)27-15(16,17)18)22-9-5-6-21-23-11(9)13(19)26/h2-7H,1H3,(H2,19,26)(H,21,22). The molecule has 0 saturated heterocycles. The first-order valence-electron chi connectivity index (χ1n) is 7.38. The van der Waals surface area contributed by atoms with Gasteiger partial charge in [0.1, 0.15) is 6.33 Å². The Bertz CT molecular complexity index is 988. The molecule has 12 heteroatoms. The predicted molar refractivity (Wildman–Crippen MR) is 87.0 cm³/mol. The molecule has 3 aromatic rings. The third-order valence-electron chi connectivity index (χ3n) is 3.30. The third kappa shape index (κ3) is 4.11. The number of anilines is 2. The molecule has 0 atom stereocenters. The number of alkyl halides is 3. The van der Waals surface area contributed by atoms with Crippen LogP contribution in [0.3, 0.4) is 0 Å². The van der Waals surface area contributed by atoms with Gasteiger partial charge >= 0.3 is 6.36 Å². The quantitative estimate of drug-likeness (QED) is 0.695. The number of carbonyl (C=O) groups excluding carboxylic acids is 1. The van der Waals surface area contributed by atoms with Crippen molar-refractivity contribution in [2.75, 3.05) is 5.32 Å². The molecule has 0 bridgehead atoms. The van der Waals surface area contributed by atoms with Crippen molar-refractivity contribution in [2.45, 2.75) is 6.36 Å². The van der Waals surface area contributed by atoms with E-state index in [1.54, 1.807) is 7.05 Å². The molecular formula is C15H12F3N7O2. The number of aromatic nitrogens is 5. The van der Waals surface area contributed by atoms with E-state index in [-0.39, 0.29) is 28.5 Å². The average molecular weight is 379 g/mol. The molecular weight excluding hydrogens is 367 g/mol. The number of ether oxygens (including phenoxy) is 1. The molecule has 27 heavy (non-hydrogen) atoms. The second-order valence-electron chi connectivity index (χ2n) is 5.25. The van der Waals surface area contributed by atoms with Gasteiger partial charge in [0.15, 0.2) is 17.3 Å². The van der Waals surface area contributed by atoms with Crippen LogP contribution in [-0.2, 0) is 7.05 Å². The zero-order valence-corrected chi connectivity index (χ0v) is 13.7. The van der Waals surface area contributed by atoms with Gasteiger partial charge < -0.3 is 15.8 Å². The van der Waals surface area contributed by atoms with Crippen LogP contribution in [0.5, 0.6) is 5.75 Å². The molecule has 1 amide bonds. The fourth-order valence-corrected chi connectivity index (χ4v) is 2.26. The molecule has 0 saturated carbocycles. The van der Waals surface area contributed by atoms with Crippen LogP contribution in [0, 0.1) is 0 Å². The monoisotopic (exact) mass is 379 g/mol. The number of aryl methyl sites for hydroxylation is 1. The molecule has 9 nitrogen and oxygen atoms in total. The van der Waals surface area contributed by atoms with Gasteiger partial charge in [-0.05, 0) is 18.2 Å². The highest BCUT2D eigenvalue weighted by Gasteiger charge is 2.34. The van der Waals surface area contributed by atoms with Gasteiger partial charge in [-0.25, -0.2) is 4.98 Å². The first-order chi connectivity index (χ1) is 12.7. The Morgan fingerprint density at radius 3 is 2.67 bits per heavy atom. The molecule has 140 valence electrons. The maximum absolute atomic E-state index is 13.0. The van der Waals surface area contributed by atoms with Crippen LogP contribution < -0.4 is 15.8 Å². The van der Waals surface area contributed by atoms with Crippen molar-refractivity contribution in [1.29, 1.82) is 0 Å². The zero-order valence-electron chi connectivity index (χ0n) is 13.7. The summed E-state index contributed by atoms with van der Waals surface area (Å²) in [6.07, 6.45) is -2.38. The minimum absolute atomic E-state index is 0.000523. The number of para-hydroxylation sites is 1. The zero-order chi connectivity index (χ0) is 19.6. The smallest absolute Gasteiger partial charge is 0.403 e. The highest BCUT2D eigenvalue weighted by Crippen LogP contribution is 2.40. The number of benzene rings is 1. The van der Waals surface area contributed by atoms with Crippen LogP contribution in [0.4, 0.5) is 24.5 Å². The summed E-state index contributed by atoms with van der Waals surface area (Å²) in [5.74, 6) is -1.43. The van der Waals surface area contributed by atoms with Crippen molar-refractivity contribution in [2.24, 2.45) is 12.8 Å². The van der Waals surface area contributed by atoms with E-state index >= 15 is 0 Å². The van der Waals surface area contributed by atoms with Crippen LogP contribution in [-0.4, -0.2) is 37.2 Å². The Morgan fingerprint density at radius 2 is 2.04 bits per heavy atom. The second kappa shape index (κ2) is 6.90. The van der Waals surface area contributed by atoms with Crippen LogP contribution in [0.15, 0.2) is 36.8 Å². The lowest BCUT2D eigenvalue weighted by Crippen LogP contribution is -2.19. The van der Waals surface area contributed by atoms with Crippen molar-refractivity contribution in [3.8, 4) is 17.1 Å². The van der Waals surface area contributed by atoms with Gasteiger partial charge in [-0.2, -0.15) is 10.2 Å². The Labute approximate surface area is 150 Å². The van der Waals surface area contributed by atoms with Gasteiger partial charge in [-0.3, -0.25) is 9.48 Å². The van der Waals surface area contributed by atoms with Crippen LogP contribution >= 0.6 is 0 Å². The number of amides is 1. The Balaban J connectivity index is 2.11. The summed E-state index contributed by atoms with van der Waals surface area (Å²) < 4.78 is 44.5. The lowest BCUT2D eigenvalue weighted by molar-refractivity contribution is -0.274. The Kier molecular flexibility index (Phi) is 4.62. The lowest BCUT2D eigenvalue weighted by Gasteiger charge is -2.17. The molecule has 3 rings (SSSR count). The number of hydrogen-bond donors (Lipinski definition) is 2. The molecule has 0 fully saturated rings. The van der Waals surface area contributed by atoms with Crippen LogP contribution in [0.25, 0.3) is 11.4 Å². The van der Waals surface area contributed by atoms with Crippen molar-refractivity contribution < 1.29 is 22.7 Å². The Morgan fingerprint density at radius 1 is 1.26 bits per heavy atom. The predicted octanol–water partition coefficient (Wildman–Crippen LogP) is 2.01. The number of carbonyl (C=O) groups is 1. The minimum Gasteiger partial charge on any atom is -0.403 e. The van der Waals surface area contributed by atoms with Crippen LogP contribution in [0.2, 0.25) is 0 Å². The molecule has 0 aliphatic rings. The van der Waals surface area contributed by atoms with E-state index in [4.69, 9.17) is 5.73 Å².